The molecule has 0 amide bonds. The molecule has 2 heterocycles. The van der Waals surface area contributed by atoms with Crippen LogP contribution in [0.3, 0.4) is 0 Å². The topological polar surface area (TPSA) is 60.5 Å². The minimum Gasteiger partial charge on any atom is -0.461 e. The van der Waals surface area contributed by atoms with E-state index in [0.29, 0.717) is 0 Å². The van der Waals surface area contributed by atoms with E-state index in [-0.39, 0.29) is 6.10 Å². The summed E-state index contributed by atoms with van der Waals surface area (Å²) in [6.45, 7) is 17.6. The Morgan fingerprint density at radius 1 is 0.919 bits per heavy atom. The first-order chi connectivity index (χ1) is 17.4. The van der Waals surface area contributed by atoms with Crippen LogP contribution in [0.5, 0.6) is 0 Å². The van der Waals surface area contributed by atoms with Gasteiger partial charge in [-0.25, -0.2) is 4.79 Å². The summed E-state index contributed by atoms with van der Waals surface area (Å²) in [6, 6.07) is 15.2. The second-order valence-electron chi connectivity index (χ2n) is 11.3. The number of nitrogens with one attached hydrogen (secondary N) is 1. The lowest BCUT2D eigenvalue weighted by Crippen LogP contribution is -2.31. The minimum atomic E-state index is -0.910. The molecule has 0 aliphatic carbocycles. The maximum absolute atomic E-state index is 13.6. The van der Waals surface area contributed by atoms with Crippen molar-refractivity contribution in [2.75, 3.05) is 6.54 Å². The van der Waals surface area contributed by atoms with Crippen molar-refractivity contribution in [3.05, 3.63) is 76.1 Å². The lowest BCUT2D eigenvalue weighted by molar-refractivity contribution is -0.171. The van der Waals surface area contributed by atoms with Gasteiger partial charge in [-0.3, -0.25) is 4.98 Å². The van der Waals surface area contributed by atoms with E-state index < -0.39 is 17.7 Å². The van der Waals surface area contributed by atoms with E-state index in [4.69, 9.17) is 14.5 Å². The third kappa shape index (κ3) is 6.11. The Labute approximate surface area is 221 Å². The zero-order valence-electron chi connectivity index (χ0n) is 23.5. The predicted molar refractivity (Wildman–Crippen MR) is 150 cm³/mol. The molecular weight excluding hydrogens is 460 g/mol. The van der Waals surface area contributed by atoms with Crippen LogP contribution in [0.15, 0.2) is 42.5 Å². The number of hydrogen-bond acceptors (Lipinski definition) is 5. The van der Waals surface area contributed by atoms with E-state index in [2.05, 4.69) is 61.6 Å². The molecule has 0 bridgehead atoms. The SMILES string of the molecule is Cc1ccc(-c2c(-c3ccc4c(c3)CCNC4)c(C)nc(C)c2C(OC(C)(C)C)C(=O)OC(C)C)cc1. The van der Waals surface area contributed by atoms with Crippen molar-refractivity contribution >= 4 is 5.97 Å². The van der Waals surface area contributed by atoms with Crippen molar-refractivity contribution in [1.29, 1.82) is 0 Å². The molecular formula is C32H40N2O3. The van der Waals surface area contributed by atoms with Crippen molar-refractivity contribution < 1.29 is 14.3 Å². The number of carbonyl (C=O) groups excluding carboxylic acids is 1. The number of aromatic nitrogens is 1. The molecule has 0 saturated heterocycles. The second kappa shape index (κ2) is 10.8. The lowest BCUT2D eigenvalue weighted by atomic mass is 9.85. The molecule has 196 valence electrons. The fourth-order valence-corrected chi connectivity index (χ4v) is 5.06. The van der Waals surface area contributed by atoms with Gasteiger partial charge in [0.1, 0.15) is 0 Å². The van der Waals surface area contributed by atoms with E-state index in [9.17, 15) is 4.79 Å². The van der Waals surface area contributed by atoms with Gasteiger partial charge in [0.25, 0.3) is 0 Å². The quantitative estimate of drug-likeness (QED) is 0.378. The number of benzene rings is 2. The van der Waals surface area contributed by atoms with Crippen LogP contribution in [0.1, 0.15) is 74.4 Å². The van der Waals surface area contributed by atoms with Crippen molar-refractivity contribution in [3.63, 3.8) is 0 Å². The third-order valence-corrected chi connectivity index (χ3v) is 6.63. The van der Waals surface area contributed by atoms with Gasteiger partial charge in [0, 0.05) is 29.1 Å². The summed E-state index contributed by atoms with van der Waals surface area (Å²) in [4.78, 5) is 18.5. The van der Waals surface area contributed by atoms with Gasteiger partial charge in [-0.05, 0) is 96.2 Å². The molecule has 5 nitrogen and oxygen atoms in total. The van der Waals surface area contributed by atoms with Crippen LogP contribution in [0.4, 0.5) is 0 Å². The van der Waals surface area contributed by atoms with Crippen LogP contribution >= 0.6 is 0 Å². The summed E-state index contributed by atoms with van der Waals surface area (Å²) in [5, 5.41) is 3.45. The van der Waals surface area contributed by atoms with Gasteiger partial charge in [-0.1, -0.05) is 48.0 Å². The Morgan fingerprint density at radius 2 is 1.59 bits per heavy atom. The summed E-state index contributed by atoms with van der Waals surface area (Å²) in [6.07, 6.45) is -0.175. The molecule has 37 heavy (non-hydrogen) atoms. The van der Waals surface area contributed by atoms with Gasteiger partial charge in [-0.2, -0.15) is 0 Å². The van der Waals surface area contributed by atoms with Crippen LogP contribution in [-0.4, -0.2) is 29.2 Å². The van der Waals surface area contributed by atoms with Crippen molar-refractivity contribution in [2.45, 2.75) is 86.2 Å². The highest BCUT2D eigenvalue weighted by Crippen LogP contribution is 2.43. The van der Waals surface area contributed by atoms with Crippen molar-refractivity contribution in [3.8, 4) is 22.3 Å². The van der Waals surface area contributed by atoms with E-state index >= 15 is 0 Å². The number of ether oxygens (including phenoxy) is 2. The fraction of sp³-hybridized carbons (Fsp3) is 0.438. The minimum absolute atomic E-state index is 0.256. The highest BCUT2D eigenvalue weighted by Gasteiger charge is 2.35. The standard InChI is InChI=1S/C32H40N2O3/c1-19(2)36-31(35)30(37-32(6,7)8)28-22(5)34-21(4)27(29(28)23-11-9-20(3)10-12-23)25-13-14-26-18-33-16-15-24(26)17-25/h9-14,17,19,30,33H,15-16,18H2,1-8H3. The number of nitrogens with zero attached hydrogens (tertiary/aromatic N) is 1. The molecule has 1 aliphatic rings. The first-order valence-electron chi connectivity index (χ1n) is 13.2. The Bertz CT molecular complexity index is 1290. The van der Waals surface area contributed by atoms with Gasteiger partial charge < -0.3 is 14.8 Å². The molecule has 1 unspecified atom stereocenters. The fourth-order valence-electron chi connectivity index (χ4n) is 5.06. The second-order valence-corrected chi connectivity index (χ2v) is 11.3. The number of aryl methyl sites for hydroxylation is 3. The molecule has 0 saturated carbocycles. The normalized spacial score (nSPS) is 14.4. The number of fused-ring (bicyclic) bond motifs is 1. The molecule has 3 aromatic rings. The van der Waals surface area contributed by atoms with Gasteiger partial charge in [0.2, 0.25) is 0 Å². The van der Waals surface area contributed by atoms with Gasteiger partial charge in [-0.15, -0.1) is 0 Å². The number of hydrogen-bond donors (Lipinski definition) is 1. The summed E-state index contributed by atoms with van der Waals surface area (Å²) >= 11 is 0. The molecule has 1 aliphatic heterocycles. The average molecular weight is 501 g/mol. The Morgan fingerprint density at radius 3 is 2.24 bits per heavy atom. The summed E-state index contributed by atoms with van der Waals surface area (Å²) < 4.78 is 12.2. The highest BCUT2D eigenvalue weighted by molar-refractivity contribution is 5.91. The number of esters is 1. The Balaban J connectivity index is 2.03. The maximum Gasteiger partial charge on any atom is 0.340 e. The third-order valence-electron chi connectivity index (χ3n) is 6.63. The van der Waals surface area contributed by atoms with Gasteiger partial charge >= 0.3 is 5.97 Å². The molecule has 1 atom stereocenters. The molecule has 2 aromatic carbocycles. The number of carbonyl (C=O) groups is 1. The smallest absolute Gasteiger partial charge is 0.340 e. The first-order valence-corrected chi connectivity index (χ1v) is 13.2. The first kappa shape index (κ1) is 27.0. The Hall–Kier alpha value is -3.02. The van der Waals surface area contributed by atoms with E-state index in [1.165, 1.54) is 16.7 Å². The number of rotatable bonds is 6. The molecule has 5 heteroatoms. The summed E-state index contributed by atoms with van der Waals surface area (Å²) in [7, 11) is 0. The van der Waals surface area contributed by atoms with E-state index in [1.807, 2.05) is 41.5 Å². The largest absolute Gasteiger partial charge is 0.461 e. The van der Waals surface area contributed by atoms with Crippen LogP contribution in [0.25, 0.3) is 22.3 Å². The van der Waals surface area contributed by atoms with Crippen LogP contribution in [-0.2, 0) is 27.2 Å². The number of pyridine rings is 1. The van der Waals surface area contributed by atoms with Gasteiger partial charge in [0.15, 0.2) is 6.10 Å². The van der Waals surface area contributed by atoms with Crippen molar-refractivity contribution in [1.82, 2.24) is 10.3 Å². The highest BCUT2D eigenvalue weighted by atomic mass is 16.6. The lowest BCUT2D eigenvalue weighted by Gasteiger charge is -2.31. The van der Waals surface area contributed by atoms with Gasteiger partial charge in [0.05, 0.1) is 11.7 Å². The molecule has 0 radical (unpaired) electrons. The summed E-state index contributed by atoms with van der Waals surface area (Å²) in [5.74, 6) is -0.394. The zero-order valence-corrected chi connectivity index (χ0v) is 23.5. The maximum atomic E-state index is 13.6. The van der Waals surface area contributed by atoms with E-state index in [0.717, 1.165) is 58.7 Å². The van der Waals surface area contributed by atoms with Crippen LogP contribution in [0, 0.1) is 20.8 Å². The summed E-state index contributed by atoms with van der Waals surface area (Å²) in [5.41, 5.74) is 9.92. The zero-order chi connectivity index (χ0) is 26.9. The molecule has 4 rings (SSSR count). The van der Waals surface area contributed by atoms with Crippen LogP contribution < -0.4 is 5.32 Å². The molecule has 1 N–H and O–H groups in total. The van der Waals surface area contributed by atoms with Crippen molar-refractivity contribution in [2.24, 2.45) is 0 Å². The molecule has 1 aromatic heterocycles. The molecule has 0 spiro atoms. The molecule has 0 fully saturated rings. The average Bonchev–Trinajstić information content (AvgIpc) is 2.81. The Kier molecular flexibility index (Phi) is 7.86. The van der Waals surface area contributed by atoms with E-state index in [1.54, 1.807) is 0 Å². The van der Waals surface area contributed by atoms with Crippen LogP contribution in [0.2, 0.25) is 0 Å². The monoisotopic (exact) mass is 500 g/mol. The predicted octanol–water partition coefficient (Wildman–Crippen LogP) is 6.79.